The lowest BCUT2D eigenvalue weighted by Gasteiger charge is -2.14. The molecule has 0 bridgehead atoms. The van der Waals surface area contributed by atoms with Gasteiger partial charge < -0.3 is 11.5 Å². The van der Waals surface area contributed by atoms with Crippen LogP contribution in [0, 0.1) is 0 Å². The monoisotopic (exact) mass is 398 g/mol. The number of amides is 2. The van der Waals surface area contributed by atoms with Crippen LogP contribution in [0.5, 0.6) is 0 Å². The van der Waals surface area contributed by atoms with Crippen molar-refractivity contribution in [3.63, 3.8) is 0 Å². The van der Waals surface area contributed by atoms with E-state index in [-0.39, 0.29) is 30.7 Å². The van der Waals surface area contributed by atoms with Crippen molar-refractivity contribution in [2.24, 2.45) is 0 Å². The van der Waals surface area contributed by atoms with Crippen LogP contribution in [0.4, 0.5) is 11.4 Å². The van der Waals surface area contributed by atoms with Crippen LogP contribution in [0.2, 0.25) is 0 Å². The first-order valence-corrected chi connectivity index (χ1v) is 9.53. The quantitative estimate of drug-likeness (QED) is 0.406. The fraction of sp³-hybridized carbons (Fsp3) is 0.0870. The maximum Gasteiger partial charge on any atom is 0.261 e. The van der Waals surface area contributed by atoms with Crippen LogP contribution in [0.3, 0.4) is 0 Å². The highest BCUT2D eigenvalue weighted by molar-refractivity contribution is 6.21. The van der Waals surface area contributed by atoms with Gasteiger partial charge in [0.25, 0.3) is 11.8 Å². The Morgan fingerprint density at radius 1 is 0.767 bits per heavy atom. The normalized spacial score (nSPS) is 13.4. The molecule has 0 saturated heterocycles. The van der Waals surface area contributed by atoms with Crippen molar-refractivity contribution in [2.75, 3.05) is 18.0 Å². The van der Waals surface area contributed by atoms with Crippen molar-refractivity contribution >= 4 is 50.9 Å². The summed E-state index contributed by atoms with van der Waals surface area (Å²) < 4.78 is 1.60. The summed E-state index contributed by atoms with van der Waals surface area (Å²) in [5.74, 6) is -0.960. The van der Waals surface area contributed by atoms with Crippen molar-refractivity contribution in [3.05, 3.63) is 71.8 Å². The standard InChI is InChI=1S/C23H18N4O3/c24-13-5-7-19-17(11-13)18-12-14(25)6-8-20(18)27(19)21(28)9-10-26-22(29)15-3-1-2-4-16(15)23(26)30/h1-8,11-12H,9-10,24-25H2. The Morgan fingerprint density at radius 3 is 1.77 bits per heavy atom. The second kappa shape index (κ2) is 6.45. The van der Waals surface area contributed by atoms with Crippen molar-refractivity contribution in [1.82, 2.24) is 9.47 Å². The van der Waals surface area contributed by atoms with Crippen LogP contribution >= 0.6 is 0 Å². The molecule has 0 atom stereocenters. The Labute approximate surface area is 171 Å². The molecule has 4 N–H and O–H groups in total. The van der Waals surface area contributed by atoms with Gasteiger partial charge >= 0.3 is 0 Å². The molecule has 5 rings (SSSR count). The predicted octanol–water partition coefficient (Wildman–Crippen LogP) is 3.29. The minimum absolute atomic E-state index is 0.000891. The van der Waals surface area contributed by atoms with Gasteiger partial charge in [-0.25, -0.2) is 0 Å². The average Bonchev–Trinajstić information content (AvgIpc) is 3.18. The molecule has 2 heterocycles. The second-order valence-electron chi connectivity index (χ2n) is 7.34. The molecule has 30 heavy (non-hydrogen) atoms. The third kappa shape index (κ3) is 2.56. The molecule has 148 valence electrons. The zero-order valence-electron chi connectivity index (χ0n) is 16.0. The van der Waals surface area contributed by atoms with E-state index in [2.05, 4.69) is 0 Å². The molecule has 4 aromatic rings. The largest absolute Gasteiger partial charge is 0.399 e. The van der Waals surface area contributed by atoms with Gasteiger partial charge in [0.15, 0.2) is 0 Å². The molecule has 3 aromatic carbocycles. The highest BCUT2D eigenvalue weighted by atomic mass is 16.2. The maximum atomic E-state index is 13.2. The molecule has 0 spiro atoms. The lowest BCUT2D eigenvalue weighted by Crippen LogP contribution is -2.32. The van der Waals surface area contributed by atoms with Gasteiger partial charge in [0, 0.05) is 35.1 Å². The van der Waals surface area contributed by atoms with Gasteiger partial charge in [0.2, 0.25) is 5.91 Å². The van der Waals surface area contributed by atoms with Crippen molar-refractivity contribution in [2.45, 2.75) is 6.42 Å². The second-order valence-corrected chi connectivity index (χ2v) is 7.34. The molecular weight excluding hydrogens is 380 g/mol. The summed E-state index contributed by atoms with van der Waals surface area (Å²) in [5.41, 5.74) is 15.2. The smallest absolute Gasteiger partial charge is 0.261 e. The number of benzene rings is 3. The molecule has 0 unspecified atom stereocenters. The highest BCUT2D eigenvalue weighted by Crippen LogP contribution is 2.32. The summed E-state index contributed by atoms with van der Waals surface area (Å²) in [4.78, 5) is 39.5. The fourth-order valence-corrected chi connectivity index (χ4v) is 4.09. The maximum absolute atomic E-state index is 13.2. The van der Waals surface area contributed by atoms with Gasteiger partial charge in [-0.1, -0.05) is 12.1 Å². The number of carbonyl (C=O) groups excluding carboxylic acids is 3. The van der Waals surface area contributed by atoms with E-state index < -0.39 is 0 Å². The van der Waals surface area contributed by atoms with E-state index in [0.717, 1.165) is 15.7 Å². The van der Waals surface area contributed by atoms with Gasteiger partial charge in [-0.05, 0) is 48.5 Å². The van der Waals surface area contributed by atoms with E-state index >= 15 is 0 Å². The number of carbonyl (C=O) groups is 3. The number of fused-ring (bicyclic) bond motifs is 4. The van der Waals surface area contributed by atoms with E-state index in [1.54, 1.807) is 53.1 Å². The summed E-state index contributed by atoms with van der Waals surface area (Å²) in [6.07, 6.45) is -0.000891. The van der Waals surface area contributed by atoms with E-state index in [1.807, 2.05) is 12.1 Å². The zero-order chi connectivity index (χ0) is 21.0. The number of hydrogen-bond acceptors (Lipinski definition) is 5. The van der Waals surface area contributed by atoms with Crippen LogP contribution in [0.25, 0.3) is 21.8 Å². The molecule has 1 aliphatic heterocycles. The number of nitrogens with zero attached hydrogens (tertiary/aromatic N) is 2. The van der Waals surface area contributed by atoms with Crippen LogP contribution < -0.4 is 11.5 Å². The highest BCUT2D eigenvalue weighted by Gasteiger charge is 2.35. The van der Waals surface area contributed by atoms with Gasteiger partial charge in [-0.3, -0.25) is 23.9 Å². The summed E-state index contributed by atoms with van der Waals surface area (Å²) in [6, 6.07) is 17.4. The summed E-state index contributed by atoms with van der Waals surface area (Å²) >= 11 is 0. The topological polar surface area (TPSA) is 111 Å². The van der Waals surface area contributed by atoms with Crippen LogP contribution in [0.1, 0.15) is 31.9 Å². The number of nitrogen functional groups attached to an aromatic ring is 2. The number of imide groups is 1. The Hall–Kier alpha value is -4.13. The SMILES string of the molecule is Nc1ccc2c(c1)c1cc(N)ccc1n2C(=O)CCN1C(=O)c2ccccc2C1=O. The van der Waals surface area contributed by atoms with Gasteiger partial charge in [0.1, 0.15) is 0 Å². The molecule has 1 aromatic heterocycles. The molecule has 1 aliphatic rings. The summed E-state index contributed by atoms with van der Waals surface area (Å²) in [7, 11) is 0. The Kier molecular flexibility index (Phi) is 3.86. The molecule has 7 nitrogen and oxygen atoms in total. The van der Waals surface area contributed by atoms with Crippen molar-refractivity contribution in [3.8, 4) is 0 Å². The Balaban J connectivity index is 1.50. The predicted molar refractivity (Wildman–Crippen MR) is 115 cm³/mol. The Bertz CT molecular complexity index is 1290. The minimum Gasteiger partial charge on any atom is -0.399 e. The summed E-state index contributed by atoms with van der Waals surface area (Å²) in [6.45, 7) is 0.0102. The molecule has 2 amide bonds. The molecule has 0 radical (unpaired) electrons. The molecule has 0 fully saturated rings. The first-order valence-electron chi connectivity index (χ1n) is 9.53. The fourth-order valence-electron chi connectivity index (χ4n) is 4.09. The van der Waals surface area contributed by atoms with Crippen molar-refractivity contribution in [1.29, 1.82) is 0 Å². The minimum atomic E-state index is -0.369. The van der Waals surface area contributed by atoms with E-state index in [1.165, 1.54) is 0 Å². The molecule has 0 saturated carbocycles. The Morgan fingerprint density at radius 2 is 1.27 bits per heavy atom. The van der Waals surface area contributed by atoms with E-state index in [9.17, 15) is 14.4 Å². The van der Waals surface area contributed by atoms with Crippen LogP contribution in [-0.4, -0.2) is 33.7 Å². The van der Waals surface area contributed by atoms with Gasteiger partial charge in [0.05, 0.1) is 22.2 Å². The van der Waals surface area contributed by atoms with Crippen molar-refractivity contribution < 1.29 is 14.4 Å². The lowest BCUT2D eigenvalue weighted by molar-refractivity contribution is 0.0646. The third-order valence-electron chi connectivity index (χ3n) is 5.49. The van der Waals surface area contributed by atoms with E-state index in [4.69, 9.17) is 11.5 Å². The number of hydrogen-bond donors (Lipinski definition) is 2. The van der Waals surface area contributed by atoms with E-state index in [0.29, 0.717) is 33.5 Å². The first-order chi connectivity index (χ1) is 14.5. The lowest BCUT2D eigenvalue weighted by atomic mass is 10.1. The number of aromatic nitrogens is 1. The average molecular weight is 398 g/mol. The third-order valence-corrected chi connectivity index (χ3v) is 5.49. The molecule has 7 heteroatoms. The van der Waals surface area contributed by atoms with Gasteiger partial charge in [-0.2, -0.15) is 0 Å². The van der Waals surface area contributed by atoms with Crippen LogP contribution in [-0.2, 0) is 0 Å². The van der Waals surface area contributed by atoms with Crippen LogP contribution in [0.15, 0.2) is 60.7 Å². The van der Waals surface area contributed by atoms with Gasteiger partial charge in [-0.15, -0.1) is 0 Å². The summed E-state index contributed by atoms with van der Waals surface area (Å²) in [5, 5.41) is 1.65. The zero-order valence-corrected chi connectivity index (χ0v) is 16.0. The molecular formula is C23H18N4O3. The number of rotatable bonds is 3. The number of anilines is 2. The molecule has 0 aliphatic carbocycles. The number of nitrogens with two attached hydrogens (primary N) is 2. The first kappa shape index (κ1) is 17.9.